The highest BCUT2D eigenvalue weighted by Gasteiger charge is 2.23. The van der Waals surface area contributed by atoms with Crippen LogP contribution in [-0.2, 0) is 0 Å². The van der Waals surface area contributed by atoms with Crippen molar-refractivity contribution in [1.82, 2.24) is 24.1 Å². The van der Waals surface area contributed by atoms with Gasteiger partial charge in [-0.2, -0.15) is 5.26 Å². The summed E-state index contributed by atoms with van der Waals surface area (Å²) >= 11 is 0. The molecule has 0 saturated heterocycles. The van der Waals surface area contributed by atoms with E-state index < -0.39 is 0 Å². The van der Waals surface area contributed by atoms with E-state index in [1.54, 1.807) is 0 Å². The molecule has 288 valence electrons. The summed E-state index contributed by atoms with van der Waals surface area (Å²) in [6.45, 7) is 0. The van der Waals surface area contributed by atoms with E-state index in [4.69, 9.17) is 15.0 Å². The van der Waals surface area contributed by atoms with Crippen LogP contribution >= 0.6 is 0 Å². The smallest absolute Gasteiger partial charge is 0.164 e. The van der Waals surface area contributed by atoms with Gasteiger partial charge in [0.1, 0.15) is 6.07 Å². The molecule has 0 amide bonds. The van der Waals surface area contributed by atoms with E-state index in [1.807, 2.05) is 66.7 Å². The Kier molecular flexibility index (Phi) is 8.12. The number of rotatable bonds is 6. The van der Waals surface area contributed by atoms with Crippen molar-refractivity contribution in [2.75, 3.05) is 0 Å². The molecule has 0 N–H and O–H groups in total. The molecule has 6 nitrogen and oxygen atoms in total. The Balaban J connectivity index is 1.06. The topological polar surface area (TPSA) is 72.3 Å². The summed E-state index contributed by atoms with van der Waals surface area (Å²) in [7, 11) is 0. The predicted octanol–water partition coefficient (Wildman–Crippen LogP) is 13.8. The van der Waals surface area contributed by atoms with Gasteiger partial charge < -0.3 is 9.13 Å². The monoisotopic (exact) mass is 790 g/mol. The Hall–Kier alpha value is -8.66. The van der Waals surface area contributed by atoms with Crippen LogP contribution in [0, 0.1) is 11.3 Å². The van der Waals surface area contributed by atoms with Gasteiger partial charge >= 0.3 is 0 Å². The van der Waals surface area contributed by atoms with Crippen molar-refractivity contribution in [2.45, 2.75) is 0 Å². The van der Waals surface area contributed by atoms with Gasteiger partial charge in [0, 0.05) is 43.9 Å². The molecule has 62 heavy (non-hydrogen) atoms. The summed E-state index contributed by atoms with van der Waals surface area (Å²) in [5.41, 5.74) is 11.4. The van der Waals surface area contributed by atoms with Crippen molar-refractivity contribution < 1.29 is 0 Å². The second kappa shape index (κ2) is 14.3. The summed E-state index contributed by atoms with van der Waals surface area (Å²) in [6, 6.07) is 73.9. The lowest BCUT2D eigenvalue weighted by atomic mass is 10.0. The summed E-state index contributed by atoms with van der Waals surface area (Å²) in [6.07, 6.45) is 0. The zero-order valence-corrected chi connectivity index (χ0v) is 33.3. The minimum absolute atomic E-state index is 0.493. The van der Waals surface area contributed by atoms with Crippen LogP contribution in [0.25, 0.3) is 111 Å². The number of para-hydroxylation sites is 2. The Morgan fingerprint density at radius 1 is 0.371 bits per heavy atom. The fraction of sp³-hybridized carbons (Fsp3) is 0. The van der Waals surface area contributed by atoms with Crippen molar-refractivity contribution in [3.63, 3.8) is 0 Å². The molecule has 9 aromatic carbocycles. The normalized spacial score (nSPS) is 11.5. The molecule has 3 aromatic heterocycles. The van der Waals surface area contributed by atoms with Gasteiger partial charge in [0.2, 0.25) is 0 Å². The number of nitrogens with zero attached hydrogens (tertiary/aromatic N) is 6. The third-order valence-corrected chi connectivity index (χ3v) is 12.0. The molecule has 0 fully saturated rings. The number of fused-ring (bicyclic) bond motifs is 8. The fourth-order valence-electron chi connectivity index (χ4n) is 9.11. The van der Waals surface area contributed by atoms with Crippen LogP contribution in [0.2, 0.25) is 0 Å². The molecule has 0 aliphatic carbocycles. The number of hydrogen-bond acceptors (Lipinski definition) is 4. The van der Waals surface area contributed by atoms with Crippen LogP contribution in [0.3, 0.4) is 0 Å². The molecule has 0 bridgehead atoms. The lowest BCUT2D eigenvalue weighted by molar-refractivity contribution is 1.07. The molecule has 0 atom stereocenters. The third-order valence-electron chi connectivity index (χ3n) is 12.0. The highest BCUT2D eigenvalue weighted by atomic mass is 15.0. The average molecular weight is 791 g/mol. The first kappa shape index (κ1) is 35.3. The van der Waals surface area contributed by atoms with Crippen LogP contribution in [0.15, 0.2) is 206 Å². The first-order valence-electron chi connectivity index (χ1n) is 20.7. The number of benzene rings is 9. The molecule has 3 heterocycles. The number of aromatic nitrogens is 5. The van der Waals surface area contributed by atoms with Crippen LogP contribution in [0.1, 0.15) is 5.56 Å². The quantitative estimate of drug-likeness (QED) is 0.168. The largest absolute Gasteiger partial charge is 0.309 e. The van der Waals surface area contributed by atoms with E-state index in [0.717, 1.165) is 82.8 Å². The van der Waals surface area contributed by atoms with E-state index in [-0.39, 0.29) is 0 Å². The van der Waals surface area contributed by atoms with Gasteiger partial charge in [0.05, 0.1) is 33.3 Å². The van der Waals surface area contributed by atoms with E-state index in [2.05, 4.69) is 155 Å². The maximum atomic E-state index is 11.0. The van der Waals surface area contributed by atoms with Gasteiger partial charge in [-0.15, -0.1) is 0 Å². The Morgan fingerprint density at radius 3 is 1.65 bits per heavy atom. The molecule has 6 heteroatoms. The Labute approximate surface area is 356 Å². The first-order chi connectivity index (χ1) is 30.7. The highest BCUT2D eigenvalue weighted by Crippen LogP contribution is 2.43. The summed E-state index contributed by atoms with van der Waals surface area (Å²) in [5.74, 6) is 1.61. The van der Waals surface area contributed by atoms with Crippen molar-refractivity contribution in [1.29, 1.82) is 5.26 Å². The summed E-state index contributed by atoms with van der Waals surface area (Å²) < 4.78 is 4.64. The van der Waals surface area contributed by atoms with Crippen molar-refractivity contribution in [2.24, 2.45) is 0 Å². The van der Waals surface area contributed by atoms with Crippen molar-refractivity contribution in [3.05, 3.63) is 212 Å². The van der Waals surface area contributed by atoms with Crippen LogP contribution in [-0.4, -0.2) is 24.1 Å². The first-order valence-corrected chi connectivity index (χ1v) is 20.7. The second-order valence-electron chi connectivity index (χ2n) is 15.6. The highest BCUT2D eigenvalue weighted by molar-refractivity contribution is 6.26. The van der Waals surface area contributed by atoms with E-state index >= 15 is 0 Å². The summed E-state index contributed by atoms with van der Waals surface area (Å²) in [5, 5.41) is 17.9. The molecule has 0 radical (unpaired) electrons. The van der Waals surface area contributed by atoms with Crippen LogP contribution in [0.4, 0.5) is 0 Å². The van der Waals surface area contributed by atoms with Gasteiger partial charge in [-0.1, -0.05) is 158 Å². The number of hydrogen-bond donors (Lipinski definition) is 0. The van der Waals surface area contributed by atoms with Crippen LogP contribution < -0.4 is 0 Å². The lowest BCUT2D eigenvalue weighted by Gasteiger charge is -2.13. The standard InChI is InChI=1S/C56H34N6/c57-35-43-33-42(56-59-54(39-16-5-2-6-17-39)58-55(60-56)40-25-23-38(24-26-40)36-13-3-1-4-14-36)28-31-48(43)62-49-21-11-9-19-45(49)46-30-32-51-52(53(46)62)47-20-10-12-22-50(47)61(51)44-29-27-37-15-7-8-18-41(37)34-44/h1-34H. The average Bonchev–Trinajstić information content (AvgIpc) is 3.87. The minimum Gasteiger partial charge on any atom is -0.309 e. The Bertz CT molecular complexity index is 3750. The maximum Gasteiger partial charge on any atom is 0.164 e. The van der Waals surface area contributed by atoms with Gasteiger partial charge in [-0.05, 0) is 70.4 Å². The SMILES string of the molecule is N#Cc1cc(-c2nc(-c3ccccc3)nc(-c3ccc(-c4ccccc4)cc3)n2)ccc1-n1c2ccccc2c2ccc3c(c4ccccc4n3-c3ccc4ccccc4c3)c21. The third kappa shape index (κ3) is 5.68. The molecule has 0 spiro atoms. The fourth-order valence-corrected chi connectivity index (χ4v) is 9.11. The van der Waals surface area contributed by atoms with E-state index in [0.29, 0.717) is 23.0 Å². The molecule has 0 saturated carbocycles. The van der Waals surface area contributed by atoms with Gasteiger partial charge in [0.15, 0.2) is 17.5 Å². The number of nitriles is 1. The molecule has 0 aliphatic rings. The molecule has 0 unspecified atom stereocenters. The van der Waals surface area contributed by atoms with E-state index in [9.17, 15) is 5.26 Å². The summed E-state index contributed by atoms with van der Waals surface area (Å²) in [4.78, 5) is 15.0. The molecule has 12 aromatic rings. The molecular weight excluding hydrogens is 757 g/mol. The van der Waals surface area contributed by atoms with Gasteiger partial charge in [-0.25, -0.2) is 15.0 Å². The maximum absolute atomic E-state index is 11.0. The molecular formula is C56H34N6. The lowest BCUT2D eigenvalue weighted by Crippen LogP contribution is -2.02. The van der Waals surface area contributed by atoms with Gasteiger partial charge in [0.25, 0.3) is 0 Å². The zero-order chi connectivity index (χ0) is 41.1. The van der Waals surface area contributed by atoms with Gasteiger partial charge in [-0.3, -0.25) is 0 Å². The minimum atomic E-state index is 0.493. The van der Waals surface area contributed by atoms with Crippen molar-refractivity contribution >= 4 is 54.4 Å². The molecule has 12 rings (SSSR count). The molecule has 0 aliphatic heterocycles. The zero-order valence-electron chi connectivity index (χ0n) is 33.3. The predicted molar refractivity (Wildman–Crippen MR) is 252 cm³/mol. The Morgan fingerprint density at radius 2 is 0.919 bits per heavy atom. The van der Waals surface area contributed by atoms with E-state index in [1.165, 1.54) is 10.8 Å². The van der Waals surface area contributed by atoms with Crippen LogP contribution in [0.5, 0.6) is 0 Å². The second-order valence-corrected chi connectivity index (χ2v) is 15.6. The van der Waals surface area contributed by atoms with Crippen molar-refractivity contribution in [3.8, 4) is 62.7 Å².